The Hall–Kier alpha value is -2.98. The van der Waals surface area contributed by atoms with Crippen molar-refractivity contribution >= 4 is 0 Å². The molecule has 11 nitrogen and oxygen atoms in total. The molecule has 0 N–H and O–H groups in total. The summed E-state index contributed by atoms with van der Waals surface area (Å²) in [4.78, 5) is 23.6. The van der Waals surface area contributed by atoms with Crippen LogP contribution in [0.3, 0.4) is 0 Å². The van der Waals surface area contributed by atoms with Crippen LogP contribution < -0.4 is 4.74 Å². The van der Waals surface area contributed by atoms with Crippen LogP contribution in [-0.4, -0.2) is 40.6 Å². The molecule has 0 bridgehead atoms. The van der Waals surface area contributed by atoms with Gasteiger partial charge in [-0.15, -0.1) is 0 Å². The van der Waals surface area contributed by atoms with Crippen LogP contribution in [0, 0.1) is 25.4 Å². The van der Waals surface area contributed by atoms with Gasteiger partial charge >= 0.3 is 12.2 Å². The van der Waals surface area contributed by atoms with E-state index in [1.54, 1.807) is 18.2 Å². The molecule has 0 spiro atoms. The van der Waals surface area contributed by atoms with Crippen molar-refractivity contribution < 1.29 is 24.3 Å². The molecule has 0 aromatic heterocycles. The third-order valence-electron chi connectivity index (χ3n) is 2.45. The fourth-order valence-corrected chi connectivity index (χ4v) is 1.39. The average molecular weight is 300 g/mol. The minimum atomic E-state index is -2.86. The molecule has 0 fully saturated rings. The zero-order valence-corrected chi connectivity index (χ0v) is 10.9. The second-order valence-corrected chi connectivity index (χ2v) is 3.87. The molecule has 1 rings (SSSR count). The highest BCUT2D eigenvalue weighted by atomic mass is 16.7. The van der Waals surface area contributed by atoms with E-state index in [2.05, 4.69) is 10.1 Å². The number of nitro groups is 2. The van der Waals surface area contributed by atoms with Gasteiger partial charge < -0.3 is 14.8 Å². The van der Waals surface area contributed by atoms with Crippen molar-refractivity contribution in [3.63, 3.8) is 0 Å². The molecule has 0 radical (unpaired) electrons. The van der Waals surface area contributed by atoms with Gasteiger partial charge in [0.1, 0.15) is 22.7 Å². The summed E-state index contributed by atoms with van der Waals surface area (Å²) in [7, 11) is 1.03. The third-order valence-corrected chi connectivity index (χ3v) is 2.45. The molecular formula is C10H12N4O7. The summed E-state index contributed by atoms with van der Waals surface area (Å²) in [6.45, 7) is -2.09. The molecule has 0 atom stereocenters. The number of hydrogen-bond acceptors (Lipinski definition) is 8. The van der Waals surface area contributed by atoms with Gasteiger partial charge in [-0.3, -0.25) is 20.2 Å². The first-order chi connectivity index (χ1) is 9.92. The zero-order valence-electron chi connectivity index (χ0n) is 10.9. The van der Waals surface area contributed by atoms with Crippen LogP contribution in [-0.2, 0) is 4.84 Å². The second kappa shape index (κ2) is 6.98. The van der Waals surface area contributed by atoms with Gasteiger partial charge in [0.05, 0.1) is 0 Å². The topological polar surface area (TPSA) is 143 Å². The number of ether oxygens (including phenoxy) is 1. The molecule has 0 saturated carbocycles. The maximum atomic E-state index is 11.2. The lowest BCUT2D eigenvalue weighted by Crippen LogP contribution is -2.56. The highest BCUT2D eigenvalue weighted by Crippen LogP contribution is 2.16. The molecule has 0 heterocycles. The number of benzene rings is 1. The highest BCUT2D eigenvalue weighted by Gasteiger charge is 2.62. The number of hydrogen-bond donors (Lipinski definition) is 0. The van der Waals surface area contributed by atoms with Crippen LogP contribution in [0.25, 0.3) is 0 Å². The highest BCUT2D eigenvalue weighted by molar-refractivity contribution is 5.20. The van der Waals surface area contributed by atoms with E-state index in [1.807, 2.05) is 0 Å². The predicted octanol–water partition coefficient (Wildman–Crippen LogP) is 0.839. The standard InChI is InChI=1S/C10H12N4O7/c1-20-11-12(15)7-10(13(16)17,14(18)19)8-21-9-5-3-2-4-6-9/h2-6H,7-8H2,1H3/b12-11+. The molecule has 0 aliphatic heterocycles. The molecule has 1 aromatic rings. The second-order valence-electron chi connectivity index (χ2n) is 3.87. The molecule has 0 aliphatic carbocycles. The Bertz CT molecular complexity index is 519. The molecule has 0 amide bonds. The Labute approximate surface area is 118 Å². The molecule has 0 saturated heterocycles. The van der Waals surface area contributed by atoms with Gasteiger partial charge in [-0.25, -0.2) is 0 Å². The quantitative estimate of drug-likeness (QED) is 0.227. The van der Waals surface area contributed by atoms with Crippen LogP contribution in [0.1, 0.15) is 0 Å². The van der Waals surface area contributed by atoms with Crippen LogP contribution in [0.15, 0.2) is 35.6 Å². The minimum absolute atomic E-state index is 0.201. The molecular weight excluding hydrogens is 288 g/mol. The van der Waals surface area contributed by atoms with E-state index in [0.29, 0.717) is 0 Å². The Morgan fingerprint density at radius 1 is 1.14 bits per heavy atom. The van der Waals surface area contributed by atoms with Gasteiger partial charge in [-0.05, 0) is 17.0 Å². The van der Waals surface area contributed by atoms with Crippen molar-refractivity contribution in [1.29, 1.82) is 0 Å². The van der Waals surface area contributed by atoms with Crippen LogP contribution >= 0.6 is 0 Å². The summed E-state index contributed by atoms with van der Waals surface area (Å²) in [5.41, 5.74) is -2.86. The zero-order chi connectivity index (χ0) is 15.9. The Kier molecular flexibility index (Phi) is 5.34. The van der Waals surface area contributed by atoms with E-state index in [1.165, 1.54) is 12.1 Å². The molecule has 1 aromatic carbocycles. The lowest BCUT2D eigenvalue weighted by molar-refractivity contribution is -0.826. The smallest absolute Gasteiger partial charge is 0.550 e. The number of rotatable bonds is 8. The largest absolute Gasteiger partial charge is 0.597 e. The maximum Gasteiger partial charge on any atom is 0.550 e. The van der Waals surface area contributed by atoms with E-state index in [4.69, 9.17) is 4.74 Å². The van der Waals surface area contributed by atoms with Crippen LogP contribution in [0.4, 0.5) is 0 Å². The lowest BCUT2D eigenvalue weighted by atomic mass is 10.2. The van der Waals surface area contributed by atoms with Gasteiger partial charge in [-0.2, -0.15) is 0 Å². The number of hydroxylamine groups is 1. The Morgan fingerprint density at radius 2 is 1.71 bits per heavy atom. The van der Waals surface area contributed by atoms with E-state index < -0.39 is 28.7 Å². The van der Waals surface area contributed by atoms with Gasteiger partial charge in [-0.1, -0.05) is 18.2 Å². The number of para-hydroxylation sites is 1. The van der Waals surface area contributed by atoms with Crippen molar-refractivity contribution in [2.75, 3.05) is 20.3 Å². The summed E-state index contributed by atoms with van der Waals surface area (Å²) in [5.74, 6) is 0.201. The van der Waals surface area contributed by atoms with Crippen molar-refractivity contribution in [3.05, 3.63) is 55.8 Å². The fraction of sp³-hybridized carbons (Fsp3) is 0.400. The van der Waals surface area contributed by atoms with Crippen molar-refractivity contribution in [2.24, 2.45) is 5.28 Å². The van der Waals surface area contributed by atoms with Gasteiger partial charge in [0, 0.05) is 0 Å². The lowest BCUT2D eigenvalue weighted by Gasteiger charge is -2.15. The van der Waals surface area contributed by atoms with E-state index in [-0.39, 0.29) is 10.6 Å². The first-order valence-electron chi connectivity index (χ1n) is 5.58. The van der Waals surface area contributed by atoms with Crippen LogP contribution in [0.2, 0.25) is 0 Å². The van der Waals surface area contributed by atoms with E-state index >= 15 is 0 Å². The SMILES string of the molecule is CO/N=[N+](/[O-])CC(COc1ccccc1)([N+](=O)[O-])[N+](=O)[O-]. The molecule has 11 heteroatoms. The molecule has 21 heavy (non-hydrogen) atoms. The van der Waals surface area contributed by atoms with E-state index in [9.17, 15) is 25.4 Å². The predicted molar refractivity (Wildman–Crippen MR) is 66.6 cm³/mol. The minimum Gasteiger partial charge on any atom is -0.597 e. The van der Waals surface area contributed by atoms with Gasteiger partial charge in [0.2, 0.25) is 6.61 Å². The summed E-state index contributed by atoms with van der Waals surface area (Å²) in [6.07, 6.45) is 0. The first kappa shape index (κ1) is 16.1. The first-order valence-corrected chi connectivity index (χ1v) is 5.58. The van der Waals surface area contributed by atoms with Crippen molar-refractivity contribution in [3.8, 4) is 5.75 Å². The van der Waals surface area contributed by atoms with Crippen LogP contribution in [0.5, 0.6) is 5.75 Å². The van der Waals surface area contributed by atoms with Gasteiger partial charge in [0.15, 0.2) is 5.28 Å². The molecule has 0 unspecified atom stereocenters. The summed E-state index contributed by atoms with van der Waals surface area (Å²) in [6, 6.07) is 7.81. The summed E-state index contributed by atoms with van der Waals surface area (Å²) in [5, 5.41) is 36.2. The Morgan fingerprint density at radius 3 is 2.19 bits per heavy atom. The molecule has 114 valence electrons. The number of nitrogens with zero attached hydrogens (tertiary/aromatic N) is 4. The summed E-state index contributed by atoms with van der Waals surface area (Å²) >= 11 is 0. The van der Waals surface area contributed by atoms with Crippen molar-refractivity contribution in [1.82, 2.24) is 0 Å². The van der Waals surface area contributed by atoms with E-state index in [0.717, 1.165) is 7.11 Å². The summed E-state index contributed by atoms with van der Waals surface area (Å²) < 4.78 is 5.04. The van der Waals surface area contributed by atoms with Gasteiger partial charge in [0.25, 0.3) is 0 Å². The third kappa shape index (κ3) is 3.99. The Balaban J connectivity index is 2.98. The molecule has 0 aliphatic rings. The van der Waals surface area contributed by atoms with Crippen molar-refractivity contribution in [2.45, 2.75) is 5.66 Å². The fourth-order valence-electron chi connectivity index (χ4n) is 1.39. The average Bonchev–Trinajstić information content (AvgIpc) is 2.44. The normalized spacial score (nSPS) is 11.8. The maximum absolute atomic E-state index is 11.2. The monoisotopic (exact) mass is 300 g/mol.